The summed E-state index contributed by atoms with van der Waals surface area (Å²) in [4.78, 5) is 28.3. The third-order valence-corrected chi connectivity index (χ3v) is 4.04. The van der Waals surface area contributed by atoms with Gasteiger partial charge in [-0.3, -0.25) is 14.2 Å². The predicted molar refractivity (Wildman–Crippen MR) is 84.5 cm³/mol. The number of nitrogens with zero attached hydrogens (tertiary/aromatic N) is 2. The number of carbonyl (C=O) groups is 1. The Morgan fingerprint density at radius 2 is 1.91 bits per heavy atom. The van der Waals surface area contributed by atoms with E-state index in [0.717, 1.165) is 0 Å². The molecule has 1 amide bonds. The van der Waals surface area contributed by atoms with Gasteiger partial charge in [-0.25, -0.2) is 4.98 Å². The maximum atomic E-state index is 12.3. The quantitative estimate of drug-likeness (QED) is 0.884. The molecule has 0 bridgehead atoms. The maximum Gasteiger partial charge on any atom is 0.269 e. The van der Waals surface area contributed by atoms with Crippen molar-refractivity contribution in [2.75, 3.05) is 0 Å². The standard InChI is InChI=1S/C16H21N3O3/c1-15(2,16(3,4)22)18-13(20)10-19-12-8-6-5-7-11(12)17-9-14(19)21/h5-9,22H,10H2,1-4H3,(H,18,20). The lowest BCUT2D eigenvalue weighted by atomic mass is 9.86. The molecule has 2 aromatic rings. The van der Waals surface area contributed by atoms with Crippen molar-refractivity contribution in [1.29, 1.82) is 0 Å². The van der Waals surface area contributed by atoms with Crippen LogP contribution in [0.3, 0.4) is 0 Å². The molecule has 6 nitrogen and oxygen atoms in total. The van der Waals surface area contributed by atoms with E-state index in [1.807, 2.05) is 6.07 Å². The zero-order chi connectivity index (χ0) is 16.5. The van der Waals surface area contributed by atoms with Gasteiger partial charge in [0.2, 0.25) is 5.91 Å². The Balaban J connectivity index is 2.30. The monoisotopic (exact) mass is 303 g/mol. The van der Waals surface area contributed by atoms with Crippen LogP contribution in [0.25, 0.3) is 11.0 Å². The molecule has 0 aliphatic carbocycles. The van der Waals surface area contributed by atoms with E-state index in [9.17, 15) is 14.7 Å². The van der Waals surface area contributed by atoms with Crippen LogP contribution in [-0.4, -0.2) is 31.7 Å². The van der Waals surface area contributed by atoms with Gasteiger partial charge in [0.1, 0.15) is 6.54 Å². The van der Waals surface area contributed by atoms with Gasteiger partial charge in [-0.1, -0.05) is 12.1 Å². The highest BCUT2D eigenvalue weighted by molar-refractivity contribution is 5.80. The number of benzene rings is 1. The summed E-state index contributed by atoms with van der Waals surface area (Å²) < 4.78 is 1.37. The van der Waals surface area contributed by atoms with Crippen LogP contribution in [0.5, 0.6) is 0 Å². The molecule has 6 heteroatoms. The van der Waals surface area contributed by atoms with Crippen molar-refractivity contribution in [2.45, 2.75) is 45.4 Å². The van der Waals surface area contributed by atoms with Crippen molar-refractivity contribution in [1.82, 2.24) is 14.9 Å². The van der Waals surface area contributed by atoms with Gasteiger partial charge in [0.05, 0.1) is 28.4 Å². The average molecular weight is 303 g/mol. The fourth-order valence-electron chi connectivity index (χ4n) is 1.96. The molecule has 0 unspecified atom stereocenters. The first-order chi connectivity index (χ1) is 10.1. The topological polar surface area (TPSA) is 84.2 Å². The number of hydrogen-bond acceptors (Lipinski definition) is 4. The highest BCUT2D eigenvalue weighted by atomic mass is 16.3. The highest BCUT2D eigenvalue weighted by Crippen LogP contribution is 2.20. The lowest BCUT2D eigenvalue weighted by Crippen LogP contribution is -2.58. The Labute approximate surface area is 128 Å². The summed E-state index contributed by atoms with van der Waals surface area (Å²) in [6.45, 7) is 6.60. The molecular formula is C16H21N3O3. The molecule has 2 N–H and O–H groups in total. The molecule has 0 atom stereocenters. The Bertz CT molecular complexity index is 757. The number of amides is 1. The minimum Gasteiger partial charge on any atom is -0.388 e. The van der Waals surface area contributed by atoms with Gasteiger partial charge in [-0.15, -0.1) is 0 Å². The first-order valence-electron chi connectivity index (χ1n) is 7.10. The van der Waals surface area contributed by atoms with Gasteiger partial charge in [-0.05, 0) is 39.8 Å². The van der Waals surface area contributed by atoms with Crippen LogP contribution in [0.2, 0.25) is 0 Å². The summed E-state index contributed by atoms with van der Waals surface area (Å²) in [5.41, 5.74) is -0.998. The number of para-hydroxylation sites is 2. The number of nitrogens with one attached hydrogen (secondary N) is 1. The van der Waals surface area contributed by atoms with Crippen molar-refractivity contribution in [3.63, 3.8) is 0 Å². The minimum atomic E-state index is -1.09. The smallest absolute Gasteiger partial charge is 0.269 e. The lowest BCUT2D eigenvalue weighted by molar-refractivity contribution is -0.126. The summed E-state index contributed by atoms with van der Waals surface area (Å²) in [5, 5.41) is 12.9. The molecule has 0 fully saturated rings. The van der Waals surface area contributed by atoms with Gasteiger partial charge in [0.25, 0.3) is 5.56 Å². The largest absolute Gasteiger partial charge is 0.388 e. The first kappa shape index (κ1) is 16.2. The molecular weight excluding hydrogens is 282 g/mol. The molecule has 22 heavy (non-hydrogen) atoms. The van der Waals surface area contributed by atoms with Gasteiger partial charge in [0, 0.05) is 0 Å². The molecule has 1 aromatic carbocycles. The van der Waals surface area contributed by atoms with E-state index in [1.54, 1.807) is 45.9 Å². The van der Waals surface area contributed by atoms with Crippen LogP contribution >= 0.6 is 0 Å². The summed E-state index contributed by atoms with van der Waals surface area (Å²) >= 11 is 0. The van der Waals surface area contributed by atoms with Gasteiger partial charge in [-0.2, -0.15) is 0 Å². The molecule has 2 rings (SSSR count). The Kier molecular flexibility index (Phi) is 4.06. The molecule has 0 saturated carbocycles. The van der Waals surface area contributed by atoms with Crippen molar-refractivity contribution >= 4 is 16.9 Å². The zero-order valence-electron chi connectivity index (χ0n) is 13.3. The number of aliphatic hydroxyl groups is 1. The number of hydrogen-bond donors (Lipinski definition) is 2. The summed E-state index contributed by atoms with van der Waals surface area (Å²) in [7, 11) is 0. The van der Waals surface area contributed by atoms with Crippen molar-refractivity contribution < 1.29 is 9.90 Å². The third-order valence-electron chi connectivity index (χ3n) is 4.04. The van der Waals surface area contributed by atoms with Gasteiger partial charge < -0.3 is 10.4 Å². The minimum absolute atomic E-state index is 0.124. The Morgan fingerprint density at radius 3 is 2.55 bits per heavy atom. The van der Waals surface area contributed by atoms with Gasteiger partial charge >= 0.3 is 0 Å². The van der Waals surface area contributed by atoms with Crippen molar-refractivity contribution in [3.8, 4) is 0 Å². The summed E-state index contributed by atoms with van der Waals surface area (Å²) in [6, 6.07) is 7.14. The molecule has 0 saturated heterocycles. The van der Waals surface area contributed by atoms with E-state index in [0.29, 0.717) is 11.0 Å². The number of fused-ring (bicyclic) bond motifs is 1. The van der Waals surface area contributed by atoms with Crippen molar-refractivity contribution in [2.24, 2.45) is 0 Å². The fourth-order valence-corrected chi connectivity index (χ4v) is 1.96. The Morgan fingerprint density at radius 1 is 1.27 bits per heavy atom. The second kappa shape index (κ2) is 5.53. The Hall–Kier alpha value is -2.21. The average Bonchev–Trinajstić information content (AvgIpc) is 2.40. The van der Waals surface area contributed by atoms with E-state index in [2.05, 4.69) is 10.3 Å². The molecule has 0 radical (unpaired) electrons. The predicted octanol–water partition coefficient (Wildman–Crippen LogP) is 1.06. The van der Waals surface area contributed by atoms with E-state index < -0.39 is 11.1 Å². The molecule has 0 aliphatic rings. The second-order valence-corrected chi connectivity index (χ2v) is 6.40. The normalized spacial score (nSPS) is 12.4. The molecule has 1 heterocycles. The van der Waals surface area contributed by atoms with E-state index in [4.69, 9.17) is 0 Å². The summed E-state index contributed by atoms with van der Waals surface area (Å²) in [5.74, 6) is -0.342. The van der Waals surface area contributed by atoms with Crippen molar-refractivity contribution in [3.05, 3.63) is 40.8 Å². The second-order valence-electron chi connectivity index (χ2n) is 6.40. The maximum absolute atomic E-state index is 12.3. The SMILES string of the molecule is CC(C)(O)C(C)(C)NC(=O)Cn1c(=O)cnc2ccccc21. The van der Waals surface area contributed by atoms with Crippen LogP contribution < -0.4 is 10.9 Å². The van der Waals surface area contributed by atoms with E-state index >= 15 is 0 Å². The van der Waals surface area contributed by atoms with Crippen LogP contribution in [0, 0.1) is 0 Å². The molecule has 118 valence electrons. The molecule has 0 spiro atoms. The number of rotatable bonds is 4. The third kappa shape index (κ3) is 3.17. The van der Waals surface area contributed by atoms with Crippen LogP contribution in [-0.2, 0) is 11.3 Å². The molecule has 0 aliphatic heterocycles. The number of aromatic nitrogens is 2. The summed E-state index contributed by atoms with van der Waals surface area (Å²) in [6.07, 6.45) is 1.21. The van der Waals surface area contributed by atoms with Crippen LogP contribution in [0.4, 0.5) is 0 Å². The zero-order valence-corrected chi connectivity index (χ0v) is 13.3. The van der Waals surface area contributed by atoms with Crippen LogP contribution in [0.1, 0.15) is 27.7 Å². The number of carbonyl (C=O) groups excluding carboxylic acids is 1. The highest BCUT2D eigenvalue weighted by Gasteiger charge is 2.36. The lowest BCUT2D eigenvalue weighted by Gasteiger charge is -2.38. The first-order valence-corrected chi connectivity index (χ1v) is 7.10. The molecule has 1 aromatic heterocycles. The van der Waals surface area contributed by atoms with E-state index in [1.165, 1.54) is 10.8 Å². The fraction of sp³-hybridized carbons (Fsp3) is 0.438. The van der Waals surface area contributed by atoms with Crippen LogP contribution in [0.15, 0.2) is 35.3 Å². The van der Waals surface area contributed by atoms with E-state index in [-0.39, 0.29) is 18.0 Å². The van der Waals surface area contributed by atoms with Gasteiger partial charge in [0.15, 0.2) is 0 Å².